The third-order valence-corrected chi connectivity index (χ3v) is 3.06. The van der Waals surface area contributed by atoms with Gasteiger partial charge < -0.3 is 0 Å². The van der Waals surface area contributed by atoms with Crippen LogP contribution in [-0.4, -0.2) is 5.16 Å². The van der Waals surface area contributed by atoms with Crippen molar-refractivity contribution < 1.29 is 0 Å². The Hall–Kier alpha value is -1.76. The fraction of sp³-hybridized carbons (Fsp3) is 0.0714. The maximum atomic E-state index is 4.69. The molecule has 1 aliphatic carbocycles. The lowest BCUT2D eigenvalue weighted by Crippen LogP contribution is -1.91. The van der Waals surface area contributed by atoms with E-state index in [9.17, 15) is 0 Å². The topological polar surface area (TPSA) is 12.4 Å². The molecule has 3 rings (SSSR count). The van der Waals surface area contributed by atoms with Gasteiger partial charge in [-0.1, -0.05) is 48.6 Å². The molecule has 0 heterocycles. The first-order valence-electron chi connectivity index (χ1n) is 5.17. The monoisotopic (exact) mass is 223 g/mol. The van der Waals surface area contributed by atoms with E-state index >= 15 is 0 Å². The highest BCUT2D eigenvalue weighted by Crippen LogP contribution is 2.36. The maximum absolute atomic E-state index is 4.69. The standard InChI is InChI=1S/C14H9NS/c16-9-15-13-8-7-11-6-5-10-3-1-2-4-12(10)14(11)13/h1-8,13H. The number of fused-ring (bicyclic) bond motifs is 3. The highest BCUT2D eigenvalue weighted by molar-refractivity contribution is 7.78. The van der Waals surface area contributed by atoms with Gasteiger partial charge in [-0.15, -0.1) is 0 Å². The zero-order valence-electron chi connectivity index (χ0n) is 8.55. The molecule has 0 saturated heterocycles. The minimum Gasteiger partial charge on any atom is -0.220 e. The zero-order valence-corrected chi connectivity index (χ0v) is 9.37. The summed E-state index contributed by atoms with van der Waals surface area (Å²) in [7, 11) is 0. The van der Waals surface area contributed by atoms with E-state index in [1.807, 2.05) is 0 Å². The number of rotatable bonds is 1. The van der Waals surface area contributed by atoms with Crippen molar-refractivity contribution >= 4 is 34.2 Å². The average molecular weight is 223 g/mol. The molecule has 76 valence electrons. The lowest BCUT2D eigenvalue weighted by atomic mass is 9.98. The lowest BCUT2D eigenvalue weighted by Gasteiger charge is -2.08. The number of hydrogen-bond donors (Lipinski definition) is 0. The van der Waals surface area contributed by atoms with Crippen LogP contribution in [-0.2, 0) is 0 Å². The van der Waals surface area contributed by atoms with Crippen molar-refractivity contribution in [3.63, 3.8) is 0 Å². The molecule has 0 N–H and O–H groups in total. The van der Waals surface area contributed by atoms with Crippen LogP contribution < -0.4 is 0 Å². The molecule has 16 heavy (non-hydrogen) atoms. The van der Waals surface area contributed by atoms with Crippen LogP contribution in [0, 0.1) is 0 Å². The Bertz CT molecular complexity index is 636. The molecule has 0 spiro atoms. The summed E-state index contributed by atoms with van der Waals surface area (Å²) in [5, 5.41) is 4.97. The van der Waals surface area contributed by atoms with Gasteiger partial charge in [0, 0.05) is 0 Å². The van der Waals surface area contributed by atoms with Crippen molar-refractivity contribution in [2.45, 2.75) is 6.04 Å². The van der Waals surface area contributed by atoms with Crippen LogP contribution >= 0.6 is 12.2 Å². The van der Waals surface area contributed by atoms with Crippen LogP contribution in [0.15, 0.2) is 47.5 Å². The van der Waals surface area contributed by atoms with Crippen LogP contribution in [0.5, 0.6) is 0 Å². The Morgan fingerprint density at radius 3 is 2.88 bits per heavy atom. The van der Waals surface area contributed by atoms with Gasteiger partial charge in [0.2, 0.25) is 0 Å². The van der Waals surface area contributed by atoms with E-state index in [-0.39, 0.29) is 6.04 Å². The normalized spacial score (nSPS) is 17.1. The average Bonchev–Trinajstić information content (AvgIpc) is 2.73. The molecule has 0 saturated carbocycles. The molecule has 2 aromatic rings. The second-order valence-corrected chi connectivity index (χ2v) is 4.00. The summed E-state index contributed by atoms with van der Waals surface area (Å²) < 4.78 is 0. The minimum atomic E-state index is 0.0404. The van der Waals surface area contributed by atoms with Gasteiger partial charge in [0.05, 0.1) is 5.16 Å². The van der Waals surface area contributed by atoms with Gasteiger partial charge in [0.25, 0.3) is 0 Å². The predicted molar refractivity (Wildman–Crippen MR) is 70.7 cm³/mol. The van der Waals surface area contributed by atoms with E-state index in [1.54, 1.807) is 0 Å². The molecule has 2 aromatic carbocycles. The first-order valence-corrected chi connectivity index (χ1v) is 5.58. The number of nitrogens with zero attached hydrogens (tertiary/aromatic N) is 1. The van der Waals surface area contributed by atoms with E-state index in [0.717, 1.165) is 0 Å². The summed E-state index contributed by atoms with van der Waals surface area (Å²) in [6.45, 7) is 0. The third kappa shape index (κ3) is 1.32. The number of benzene rings is 2. The molecular weight excluding hydrogens is 214 g/mol. The second-order valence-electron chi connectivity index (χ2n) is 3.81. The Balaban J connectivity index is 2.35. The van der Waals surface area contributed by atoms with Gasteiger partial charge >= 0.3 is 0 Å². The highest BCUT2D eigenvalue weighted by atomic mass is 32.1. The predicted octanol–water partition coefficient (Wildman–Crippen LogP) is 4.01. The number of aliphatic imine (C=N–C) groups is 1. The minimum absolute atomic E-state index is 0.0404. The van der Waals surface area contributed by atoms with Crippen LogP contribution in [0.2, 0.25) is 0 Å². The molecule has 0 amide bonds. The summed E-state index contributed by atoms with van der Waals surface area (Å²) in [4.78, 5) is 4.19. The summed E-state index contributed by atoms with van der Waals surface area (Å²) in [6.07, 6.45) is 4.17. The van der Waals surface area contributed by atoms with Crippen LogP contribution in [0.1, 0.15) is 17.2 Å². The molecule has 1 unspecified atom stereocenters. The fourth-order valence-electron chi connectivity index (χ4n) is 2.24. The summed E-state index contributed by atoms with van der Waals surface area (Å²) in [5.41, 5.74) is 2.48. The molecule has 2 heteroatoms. The van der Waals surface area contributed by atoms with Crippen molar-refractivity contribution in [2.75, 3.05) is 0 Å². The first-order chi connectivity index (χ1) is 7.90. The molecule has 0 radical (unpaired) electrons. The summed E-state index contributed by atoms with van der Waals surface area (Å²) in [6, 6.07) is 12.7. The largest absolute Gasteiger partial charge is 0.220 e. The Kier molecular flexibility index (Phi) is 2.17. The van der Waals surface area contributed by atoms with Crippen molar-refractivity contribution in [2.24, 2.45) is 4.99 Å². The molecule has 0 aliphatic heterocycles. The quantitative estimate of drug-likeness (QED) is 0.525. The Labute approximate surface area is 99.1 Å². The highest BCUT2D eigenvalue weighted by Gasteiger charge is 2.18. The first kappa shape index (κ1) is 9.46. The van der Waals surface area contributed by atoms with E-state index in [1.165, 1.54) is 21.9 Å². The zero-order chi connectivity index (χ0) is 11.0. The Morgan fingerprint density at radius 2 is 2.00 bits per heavy atom. The van der Waals surface area contributed by atoms with Crippen LogP contribution in [0.3, 0.4) is 0 Å². The van der Waals surface area contributed by atoms with Gasteiger partial charge in [-0.25, -0.2) is 4.99 Å². The van der Waals surface area contributed by atoms with Crippen molar-refractivity contribution in [1.82, 2.24) is 0 Å². The van der Waals surface area contributed by atoms with Crippen LogP contribution in [0.25, 0.3) is 16.8 Å². The molecular formula is C14H9NS. The van der Waals surface area contributed by atoms with Gasteiger partial charge in [0.15, 0.2) is 0 Å². The maximum Gasteiger partial charge on any atom is 0.105 e. The molecule has 1 aliphatic rings. The van der Waals surface area contributed by atoms with Gasteiger partial charge in [-0.05, 0) is 34.1 Å². The number of isothiocyanates is 1. The van der Waals surface area contributed by atoms with Crippen molar-refractivity contribution in [1.29, 1.82) is 0 Å². The van der Waals surface area contributed by atoms with Gasteiger partial charge in [-0.3, -0.25) is 0 Å². The second kappa shape index (κ2) is 3.67. The molecule has 0 fully saturated rings. The van der Waals surface area contributed by atoms with Gasteiger partial charge in [0.1, 0.15) is 6.04 Å². The fourth-order valence-corrected chi connectivity index (χ4v) is 2.36. The van der Waals surface area contributed by atoms with Crippen molar-refractivity contribution in [3.8, 4) is 0 Å². The summed E-state index contributed by atoms with van der Waals surface area (Å²) in [5.74, 6) is 0. The smallest absolute Gasteiger partial charge is 0.105 e. The number of hydrogen-bond acceptors (Lipinski definition) is 2. The molecule has 1 atom stereocenters. The van der Waals surface area contributed by atoms with E-state index in [2.05, 4.69) is 70.9 Å². The third-order valence-electron chi connectivity index (χ3n) is 2.95. The Morgan fingerprint density at radius 1 is 1.12 bits per heavy atom. The molecule has 0 bridgehead atoms. The number of thiocarbonyl (C=S) groups is 1. The van der Waals surface area contributed by atoms with E-state index < -0.39 is 0 Å². The van der Waals surface area contributed by atoms with E-state index in [0.29, 0.717) is 0 Å². The van der Waals surface area contributed by atoms with Crippen LogP contribution in [0.4, 0.5) is 0 Å². The molecule has 0 aromatic heterocycles. The summed E-state index contributed by atoms with van der Waals surface area (Å²) >= 11 is 4.69. The lowest BCUT2D eigenvalue weighted by molar-refractivity contribution is 0.953. The molecule has 1 nitrogen and oxygen atoms in total. The van der Waals surface area contributed by atoms with Crippen molar-refractivity contribution in [3.05, 3.63) is 53.6 Å². The van der Waals surface area contributed by atoms with Gasteiger partial charge in [-0.2, -0.15) is 0 Å². The van der Waals surface area contributed by atoms with E-state index in [4.69, 9.17) is 0 Å². The SMILES string of the molecule is S=C=NC1C=Cc2ccc3ccccc3c21.